The van der Waals surface area contributed by atoms with Gasteiger partial charge in [-0.15, -0.1) is 0 Å². The monoisotopic (exact) mass is 484 g/mol. The number of benzene rings is 1. The summed E-state index contributed by atoms with van der Waals surface area (Å²) in [6, 6.07) is 5.87. The quantitative estimate of drug-likeness (QED) is 0.510. The Balaban J connectivity index is 1.43. The normalized spacial score (nSPS) is 17.3. The number of nitrogens with one attached hydrogen (secondary N) is 1. The summed E-state index contributed by atoms with van der Waals surface area (Å²) in [6.45, 7) is 1.99. The summed E-state index contributed by atoms with van der Waals surface area (Å²) in [5.74, 6) is 2.37. The van der Waals surface area contributed by atoms with Crippen LogP contribution in [0.1, 0.15) is 82.0 Å². The molecule has 9 nitrogen and oxygen atoms in total. The molecular weight excluding hydrogens is 448 g/mol. The average molecular weight is 485 g/mol. The first kappa shape index (κ1) is 25.0. The smallest absolute Gasteiger partial charge is 0.227 e. The van der Waals surface area contributed by atoms with E-state index in [1.807, 2.05) is 23.1 Å². The van der Waals surface area contributed by atoms with Gasteiger partial charge in [-0.3, -0.25) is 9.59 Å². The lowest BCUT2D eigenvalue weighted by molar-refractivity contribution is -0.132. The fourth-order valence-corrected chi connectivity index (χ4v) is 4.98. The molecule has 2 aromatic rings. The molecule has 0 bridgehead atoms. The minimum absolute atomic E-state index is 0.0446. The standard InChI is InChI=1S/C26H36N4O5/c1-18(31)28-26(14-6-4-5-7-15-26)25-27-23(35-29-25)12-13-24(32)30(20-8-9-20)17-19-16-21(33-2)10-11-22(19)34-3/h10-11,16,20H,4-9,12-15,17H2,1-3H3,(H,28,31). The first-order valence-electron chi connectivity index (χ1n) is 12.6. The molecule has 0 radical (unpaired) electrons. The number of ether oxygens (including phenoxy) is 2. The van der Waals surface area contributed by atoms with Crippen molar-refractivity contribution in [3.63, 3.8) is 0 Å². The predicted octanol–water partition coefficient (Wildman–Crippen LogP) is 3.90. The minimum atomic E-state index is -0.586. The summed E-state index contributed by atoms with van der Waals surface area (Å²) in [7, 11) is 3.25. The zero-order valence-electron chi connectivity index (χ0n) is 21.0. The van der Waals surface area contributed by atoms with Crippen molar-refractivity contribution in [1.29, 1.82) is 0 Å². The molecule has 1 heterocycles. The fraction of sp³-hybridized carbons (Fsp3) is 0.615. The van der Waals surface area contributed by atoms with Gasteiger partial charge in [-0.1, -0.05) is 30.8 Å². The van der Waals surface area contributed by atoms with Crippen molar-refractivity contribution < 1.29 is 23.6 Å². The molecule has 0 atom stereocenters. The summed E-state index contributed by atoms with van der Waals surface area (Å²) in [6.07, 6.45) is 8.51. The predicted molar refractivity (Wildman–Crippen MR) is 129 cm³/mol. The number of aryl methyl sites for hydroxylation is 1. The lowest BCUT2D eigenvalue weighted by atomic mass is 9.89. The lowest BCUT2D eigenvalue weighted by Crippen LogP contribution is -2.45. The maximum absolute atomic E-state index is 13.2. The highest BCUT2D eigenvalue weighted by Crippen LogP contribution is 2.35. The van der Waals surface area contributed by atoms with E-state index in [0.29, 0.717) is 24.7 Å². The molecule has 9 heteroatoms. The number of hydrogen-bond acceptors (Lipinski definition) is 7. The number of nitrogens with zero attached hydrogens (tertiary/aromatic N) is 3. The summed E-state index contributed by atoms with van der Waals surface area (Å²) < 4.78 is 16.4. The summed E-state index contributed by atoms with van der Waals surface area (Å²) in [5.41, 5.74) is 0.328. The summed E-state index contributed by atoms with van der Waals surface area (Å²) >= 11 is 0. The van der Waals surface area contributed by atoms with Crippen molar-refractivity contribution in [2.24, 2.45) is 0 Å². The highest BCUT2D eigenvalue weighted by Gasteiger charge is 2.38. The fourth-order valence-electron chi connectivity index (χ4n) is 4.98. The highest BCUT2D eigenvalue weighted by molar-refractivity contribution is 5.77. The van der Waals surface area contributed by atoms with Crippen LogP contribution < -0.4 is 14.8 Å². The van der Waals surface area contributed by atoms with Gasteiger partial charge in [-0.2, -0.15) is 4.98 Å². The number of carbonyl (C=O) groups excluding carboxylic acids is 2. The van der Waals surface area contributed by atoms with Gasteiger partial charge < -0.3 is 24.2 Å². The largest absolute Gasteiger partial charge is 0.497 e. The maximum atomic E-state index is 13.2. The van der Waals surface area contributed by atoms with Crippen LogP contribution in [0.25, 0.3) is 0 Å². The third-order valence-electron chi connectivity index (χ3n) is 6.96. The summed E-state index contributed by atoms with van der Waals surface area (Å²) in [5, 5.41) is 7.33. The number of amides is 2. The van der Waals surface area contributed by atoms with E-state index in [1.54, 1.807) is 14.2 Å². The molecule has 0 saturated heterocycles. The van der Waals surface area contributed by atoms with Gasteiger partial charge in [0.15, 0.2) is 5.82 Å². The zero-order chi connectivity index (χ0) is 24.8. The Bertz CT molecular complexity index is 1020. The molecule has 1 aromatic heterocycles. The second-order valence-electron chi connectivity index (χ2n) is 9.62. The molecule has 0 aliphatic heterocycles. The molecule has 35 heavy (non-hydrogen) atoms. The van der Waals surface area contributed by atoms with E-state index >= 15 is 0 Å². The molecule has 0 unspecified atom stereocenters. The number of aromatic nitrogens is 2. The molecule has 2 fully saturated rings. The van der Waals surface area contributed by atoms with Crippen LogP contribution in [0.2, 0.25) is 0 Å². The zero-order valence-corrected chi connectivity index (χ0v) is 21.0. The van der Waals surface area contributed by atoms with E-state index in [1.165, 1.54) is 6.92 Å². The van der Waals surface area contributed by atoms with E-state index in [2.05, 4.69) is 15.5 Å². The highest BCUT2D eigenvalue weighted by atomic mass is 16.5. The van der Waals surface area contributed by atoms with Crippen LogP contribution in [0, 0.1) is 0 Å². The number of carbonyl (C=O) groups is 2. The lowest BCUT2D eigenvalue weighted by Gasteiger charge is -2.30. The van der Waals surface area contributed by atoms with E-state index < -0.39 is 5.54 Å². The molecule has 0 spiro atoms. The van der Waals surface area contributed by atoms with Crippen LogP contribution in [0.5, 0.6) is 11.5 Å². The van der Waals surface area contributed by atoms with E-state index in [0.717, 1.165) is 68.4 Å². The number of rotatable bonds is 10. The molecule has 4 rings (SSSR count). The van der Waals surface area contributed by atoms with Gasteiger partial charge in [0.2, 0.25) is 17.7 Å². The van der Waals surface area contributed by atoms with Crippen molar-refractivity contribution >= 4 is 11.8 Å². The second kappa shape index (κ2) is 11.1. The van der Waals surface area contributed by atoms with Gasteiger partial charge in [0, 0.05) is 37.9 Å². The number of methoxy groups -OCH3 is 2. The van der Waals surface area contributed by atoms with Crippen LogP contribution in [-0.4, -0.2) is 47.1 Å². The molecule has 2 amide bonds. The third kappa shape index (κ3) is 6.13. The first-order valence-corrected chi connectivity index (χ1v) is 12.6. The first-order chi connectivity index (χ1) is 16.9. The van der Waals surface area contributed by atoms with Gasteiger partial charge in [0.25, 0.3) is 0 Å². The van der Waals surface area contributed by atoms with Gasteiger partial charge in [-0.25, -0.2) is 0 Å². The minimum Gasteiger partial charge on any atom is -0.497 e. The Morgan fingerprint density at radius 3 is 2.51 bits per heavy atom. The van der Waals surface area contributed by atoms with E-state index in [-0.39, 0.29) is 24.3 Å². The third-order valence-corrected chi connectivity index (χ3v) is 6.96. The molecule has 1 aromatic carbocycles. The van der Waals surface area contributed by atoms with Crippen molar-refractivity contribution in [1.82, 2.24) is 20.4 Å². The van der Waals surface area contributed by atoms with Crippen LogP contribution in [0.3, 0.4) is 0 Å². The Morgan fingerprint density at radius 2 is 1.89 bits per heavy atom. The molecule has 1 N–H and O–H groups in total. The molecular formula is C26H36N4O5. The van der Waals surface area contributed by atoms with Crippen LogP contribution in [0.4, 0.5) is 0 Å². The van der Waals surface area contributed by atoms with Gasteiger partial charge in [0.1, 0.15) is 17.0 Å². The summed E-state index contributed by atoms with van der Waals surface area (Å²) in [4.78, 5) is 31.7. The van der Waals surface area contributed by atoms with Gasteiger partial charge >= 0.3 is 0 Å². The Labute approximate surface area is 206 Å². The van der Waals surface area contributed by atoms with Crippen LogP contribution in [-0.2, 0) is 28.1 Å². The van der Waals surface area contributed by atoms with Gasteiger partial charge in [0.05, 0.1) is 14.2 Å². The maximum Gasteiger partial charge on any atom is 0.227 e. The Morgan fingerprint density at radius 1 is 1.14 bits per heavy atom. The van der Waals surface area contributed by atoms with Crippen molar-refractivity contribution in [3.05, 3.63) is 35.5 Å². The average Bonchev–Trinajstić information content (AvgIpc) is 3.62. The van der Waals surface area contributed by atoms with E-state index in [4.69, 9.17) is 14.0 Å². The number of hydrogen-bond donors (Lipinski definition) is 1. The Kier molecular flexibility index (Phi) is 7.93. The molecule has 190 valence electrons. The molecule has 2 saturated carbocycles. The van der Waals surface area contributed by atoms with Gasteiger partial charge in [-0.05, 0) is 43.9 Å². The Hall–Kier alpha value is -3.10. The topological polar surface area (TPSA) is 107 Å². The second-order valence-corrected chi connectivity index (χ2v) is 9.62. The van der Waals surface area contributed by atoms with Crippen molar-refractivity contribution in [2.75, 3.05) is 14.2 Å². The van der Waals surface area contributed by atoms with E-state index in [9.17, 15) is 9.59 Å². The van der Waals surface area contributed by atoms with Crippen LogP contribution >= 0.6 is 0 Å². The SMILES string of the molecule is COc1ccc(OC)c(CN(C(=O)CCc2nc(C3(NC(C)=O)CCCCCC3)no2)C2CC2)c1. The van der Waals surface area contributed by atoms with Crippen molar-refractivity contribution in [3.8, 4) is 11.5 Å². The van der Waals surface area contributed by atoms with Crippen molar-refractivity contribution in [2.45, 2.75) is 89.3 Å². The molecule has 2 aliphatic carbocycles. The van der Waals surface area contributed by atoms with Crippen LogP contribution in [0.15, 0.2) is 22.7 Å². The molecule has 2 aliphatic rings.